The molecule has 0 saturated heterocycles. The fourth-order valence-electron chi connectivity index (χ4n) is 4.03. The highest BCUT2D eigenvalue weighted by Crippen LogP contribution is 2.34. The van der Waals surface area contributed by atoms with E-state index in [4.69, 9.17) is 23.2 Å². The minimum atomic E-state index is -1.08. The van der Waals surface area contributed by atoms with Gasteiger partial charge in [0.2, 0.25) is 0 Å². The lowest BCUT2D eigenvalue weighted by Crippen LogP contribution is -2.22. The standard InChI is InChI=1S/C30H19Cl2FN2O3S/c31-25-11-9-20(14-26(25)32)27-16-39-29(35-27)21-8-10-23(24(13-21)30(37)38)18-4-6-19(7-5-18)28(36)34-15-17-2-1-3-22(33)12-17/h1-14,16H,15H2,(H,34,36)(H,37,38). The molecule has 39 heavy (non-hydrogen) atoms. The molecule has 5 rings (SSSR count). The van der Waals surface area contributed by atoms with Crippen molar-refractivity contribution in [2.75, 3.05) is 0 Å². The van der Waals surface area contributed by atoms with Crippen molar-refractivity contribution in [1.29, 1.82) is 0 Å². The molecular formula is C30H19Cl2FN2O3S. The van der Waals surface area contributed by atoms with Gasteiger partial charge in [0.1, 0.15) is 10.8 Å². The first-order valence-electron chi connectivity index (χ1n) is 11.7. The van der Waals surface area contributed by atoms with E-state index < -0.39 is 5.97 Å². The van der Waals surface area contributed by atoms with Crippen molar-refractivity contribution in [3.8, 4) is 33.0 Å². The summed E-state index contributed by atoms with van der Waals surface area (Å²) in [5, 5.41) is 16.1. The Labute approximate surface area is 237 Å². The maximum absolute atomic E-state index is 13.4. The van der Waals surface area contributed by atoms with Gasteiger partial charge in [-0.1, -0.05) is 65.7 Å². The number of carboxylic acids is 1. The van der Waals surface area contributed by atoms with Gasteiger partial charge in [-0.3, -0.25) is 4.79 Å². The Balaban J connectivity index is 1.36. The van der Waals surface area contributed by atoms with Gasteiger partial charge in [0.05, 0.1) is 21.3 Å². The Morgan fingerprint density at radius 2 is 1.62 bits per heavy atom. The molecule has 0 aliphatic heterocycles. The van der Waals surface area contributed by atoms with Gasteiger partial charge < -0.3 is 10.4 Å². The molecule has 1 amide bonds. The summed E-state index contributed by atoms with van der Waals surface area (Å²) in [7, 11) is 0. The average molecular weight is 577 g/mol. The van der Waals surface area contributed by atoms with E-state index in [0.717, 1.165) is 5.56 Å². The normalized spacial score (nSPS) is 10.8. The third-order valence-corrected chi connectivity index (χ3v) is 7.65. The van der Waals surface area contributed by atoms with Crippen molar-refractivity contribution < 1.29 is 19.1 Å². The minimum absolute atomic E-state index is 0.113. The van der Waals surface area contributed by atoms with Crippen molar-refractivity contribution in [2.24, 2.45) is 0 Å². The van der Waals surface area contributed by atoms with Gasteiger partial charge in [-0.25, -0.2) is 14.2 Å². The lowest BCUT2D eigenvalue weighted by Gasteiger charge is -2.10. The first kappa shape index (κ1) is 26.6. The second kappa shape index (κ2) is 11.4. The largest absolute Gasteiger partial charge is 0.478 e. The second-order valence-electron chi connectivity index (χ2n) is 8.62. The number of aromatic nitrogens is 1. The molecule has 5 aromatic rings. The SMILES string of the molecule is O=C(NCc1cccc(F)c1)c1ccc(-c2ccc(-c3nc(-c4ccc(Cl)c(Cl)c4)cs3)cc2C(=O)O)cc1. The van der Waals surface area contributed by atoms with Gasteiger partial charge in [-0.05, 0) is 59.2 Å². The topological polar surface area (TPSA) is 79.3 Å². The molecule has 0 atom stereocenters. The Kier molecular flexibility index (Phi) is 7.74. The van der Waals surface area contributed by atoms with Crippen LogP contribution in [0.4, 0.5) is 4.39 Å². The molecule has 4 aromatic carbocycles. The zero-order chi connectivity index (χ0) is 27.5. The molecule has 194 valence electrons. The Morgan fingerprint density at radius 3 is 2.33 bits per heavy atom. The molecule has 0 fully saturated rings. The third kappa shape index (κ3) is 6.01. The van der Waals surface area contributed by atoms with Gasteiger partial charge in [0, 0.05) is 28.6 Å². The molecule has 0 aliphatic rings. The molecule has 0 radical (unpaired) electrons. The van der Waals surface area contributed by atoms with Crippen molar-refractivity contribution in [1.82, 2.24) is 10.3 Å². The number of amides is 1. The molecule has 1 heterocycles. The molecule has 9 heteroatoms. The van der Waals surface area contributed by atoms with Crippen LogP contribution in [-0.4, -0.2) is 22.0 Å². The number of hydrogen-bond acceptors (Lipinski definition) is 4. The maximum Gasteiger partial charge on any atom is 0.336 e. The lowest BCUT2D eigenvalue weighted by molar-refractivity contribution is 0.0697. The van der Waals surface area contributed by atoms with Crippen LogP contribution < -0.4 is 5.32 Å². The summed E-state index contributed by atoms with van der Waals surface area (Å²) in [5.74, 6) is -1.76. The van der Waals surface area contributed by atoms with E-state index in [1.165, 1.54) is 23.5 Å². The smallest absolute Gasteiger partial charge is 0.336 e. The second-order valence-corrected chi connectivity index (χ2v) is 10.3. The number of thiazole rings is 1. The fraction of sp³-hybridized carbons (Fsp3) is 0.0333. The van der Waals surface area contributed by atoms with E-state index in [1.807, 2.05) is 17.5 Å². The molecule has 0 aliphatic carbocycles. The molecule has 2 N–H and O–H groups in total. The monoisotopic (exact) mass is 576 g/mol. The number of nitrogens with one attached hydrogen (secondary N) is 1. The number of carboxylic acid groups (broad SMARTS) is 1. The minimum Gasteiger partial charge on any atom is -0.478 e. The van der Waals surface area contributed by atoms with Crippen LogP contribution in [0.1, 0.15) is 26.3 Å². The molecular weight excluding hydrogens is 558 g/mol. The fourth-order valence-corrected chi connectivity index (χ4v) is 5.16. The highest BCUT2D eigenvalue weighted by atomic mass is 35.5. The first-order valence-corrected chi connectivity index (χ1v) is 13.3. The number of carbonyl (C=O) groups excluding carboxylic acids is 1. The van der Waals surface area contributed by atoms with Crippen molar-refractivity contribution in [3.63, 3.8) is 0 Å². The van der Waals surface area contributed by atoms with E-state index in [0.29, 0.717) is 48.6 Å². The van der Waals surface area contributed by atoms with Crippen LogP contribution in [0.5, 0.6) is 0 Å². The van der Waals surface area contributed by atoms with Crippen LogP contribution in [0.15, 0.2) is 90.3 Å². The number of halogens is 3. The Hall–Kier alpha value is -4.04. The number of rotatable bonds is 7. The van der Waals surface area contributed by atoms with E-state index in [-0.39, 0.29) is 23.8 Å². The Morgan fingerprint density at radius 1 is 0.872 bits per heavy atom. The molecule has 0 saturated carbocycles. The van der Waals surface area contributed by atoms with Gasteiger partial charge in [0.25, 0.3) is 5.91 Å². The van der Waals surface area contributed by atoms with Crippen molar-refractivity contribution in [2.45, 2.75) is 6.54 Å². The number of aromatic carboxylic acids is 1. The van der Waals surface area contributed by atoms with Gasteiger partial charge in [0.15, 0.2) is 0 Å². The summed E-state index contributed by atoms with van der Waals surface area (Å²) in [5.41, 5.74) is 4.51. The Bertz CT molecular complexity index is 1700. The van der Waals surface area contributed by atoms with Crippen LogP contribution in [0.3, 0.4) is 0 Å². The quantitative estimate of drug-likeness (QED) is 0.204. The van der Waals surface area contributed by atoms with Crippen LogP contribution >= 0.6 is 34.5 Å². The molecule has 1 aromatic heterocycles. The predicted octanol–water partition coefficient (Wildman–Crippen LogP) is 8.22. The van der Waals surface area contributed by atoms with E-state index in [9.17, 15) is 19.1 Å². The molecule has 0 spiro atoms. The van der Waals surface area contributed by atoms with E-state index in [2.05, 4.69) is 10.3 Å². The lowest BCUT2D eigenvalue weighted by atomic mass is 9.96. The van der Waals surface area contributed by atoms with Crippen molar-refractivity contribution >= 4 is 46.4 Å². The van der Waals surface area contributed by atoms with Gasteiger partial charge in [-0.2, -0.15) is 0 Å². The number of benzene rings is 4. The summed E-state index contributed by atoms with van der Waals surface area (Å²) in [6, 6.07) is 23.1. The average Bonchev–Trinajstić information content (AvgIpc) is 3.43. The number of carbonyl (C=O) groups is 2. The van der Waals surface area contributed by atoms with Crippen LogP contribution in [-0.2, 0) is 6.54 Å². The van der Waals surface area contributed by atoms with E-state index >= 15 is 0 Å². The molecule has 0 unspecified atom stereocenters. The summed E-state index contributed by atoms with van der Waals surface area (Å²) in [6.45, 7) is 0.187. The van der Waals surface area contributed by atoms with Crippen molar-refractivity contribution in [3.05, 3.63) is 123 Å². The maximum atomic E-state index is 13.4. The van der Waals surface area contributed by atoms with Crippen LogP contribution in [0.25, 0.3) is 33.0 Å². The van der Waals surface area contributed by atoms with Gasteiger partial charge in [-0.15, -0.1) is 11.3 Å². The molecule has 5 nitrogen and oxygen atoms in total. The summed E-state index contributed by atoms with van der Waals surface area (Å²) in [4.78, 5) is 29.4. The first-order chi connectivity index (χ1) is 18.8. The number of nitrogens with zero attached hydrogens (tertiary/aromatic N) is 1. The summed E-state index contributed by atoms with van der Waals surface area (Å²) < 4.78 is 13.4. The number of hydrogen-bond donors (Lipinski definition) is 2. The predicted molar refractivity (Wildman–Crippen MR) is 153 cm³/mol. The highest BCUT2D eigenvalue weighted by Gasteiger charge is 2.16. The zero-order valence-corrected chi connectivity index (χ0v) is 22.4. The highest BCUT2D eigenvalue weighted by molar-refractivity contribution is 7.13. The summed E-state index contributed by atoms with van der Waals surface area (Å²) >= 11 is 13.5. The zero-order valence-electron chi connectivity index (χ0n) is 20.1. The van der Waals surface area contributed by atoms with Crippen LogP contribution in [0.2, 0.25) is 10.0 Å². The molecule has 0 bridgehead atoms. The van der Waals surface area contributed by atoms with E-state index in [1.54, 1.807) is 60.7 Å². The summed E-state index contributed by atoms with van der Waals surface area (Å²) in [6.07, 6.45) is 0. The third-order valence-electron chi connectivity index (χ3n) is 6.02. The van der Waals surface area contributed by atoms with Gasteiger partial charge >= 0.3 is 5.97 Å². The van der Waals surface area contributed by atoms with Crippen LogP contribution in [0, 0.1) is 5.82 Å².